The van der Waals surface area contributed by atoms with Crippen LogP contribution in [-0.4, -0.2) is 18.6 Å². The summed E-state index contributed by atoms with van der Waals surface area (Å²) in [5.41, 5.74) is 0.969. The highest BCUT2D eigenvalue weighted by Gasteiger charge is 2.23. The zero-order chi connectivity index (χ0) is 12.3. The van der Waals surface area contributed by atoms with Gasteiger partial charge in [-0.1, -0.05) is 11.6 Å². The van der Waals surface area contributed by atoms with E-state index in [2.05, 4.69) is 5.32 Å². The number of halogens is 1. The largest absolute Gasteiger partial charge is 0.368 e. The topological polar surface area (TPSA) is 62.1 Å². The maximum absolute atomic E-state index is 11.7. The molecule has 0 bridgehead atoms. The third-order valence-electron chi connectivity index (χ3n) is 2.58. The van der Waals surface area contributed by atoms with Gasteiger partial charge in [-0.25, -0.2) is 0 Å². The Morgan fingerprint density at radius 3 is 3.00 bits per heavy atom. The molecule has 5 heteroatoms. The number of nitriles is 1. The predicted molar refractivity (Wildman–Crippen MR) is 63.8 cm³/mol. The van der Waals surface area contributed by atoms with Crippen molar-refractivity contribution in [3.05, 3.63) is 28.8 Å². The fourth-order valence-corrected chi connectivity index (χ4v) is 1.91. The number of rotatable bonds is 2. The van der Waals surface area contributed by atoms with E-state index < -0.39 is 0 Å². The summed E-state index contributed by atoms with van der Waals surface area (Å²) in [6, 6.07) is 6.75. The number of anilines is 1. The molecular formula is C12H11ClN2O2. The molecule has 1 fully saturated rings. The van der Waals surface area contributed by atoms with Crippen LogP contribution in [0, 0.1) is 11.3 Å². The summed E-state index contributed by atoms with van der Waals surface area (Å²) in [4.78, 5) is 11.7. The third-order valence-corrected chi connectivity index (χ3v) is 2.89. The van der Waals surface area contributed by atoms with Gasteiger partial charge < -0.3 is 10.1 Å². The minimum atomic E-state index is -0.371. The van der Waals surface area contributed by atoms with Crippen molar-refractivity contribution in [2.45, 2.75) is 18.9 Å². The van der Waals surface area contributed by atoms with Crippen molar-refractivity contribution in [3.8, 4) is 6.07 Å². The molecule has 0 aromatic heterocycles. The summed E-state index contributed by atoms with van der Waals surface area (Å²) in [6.07, 6.45) is 1.28. The molecule has 0 spiro atoms. The van der Waals surface area contributed by atoms with Crippen LogP contribution in [0.25, 0.3) is 0 Å². The van der Waals surface area contributed by atoms with E-state index in [4.69, 9.17) is 21.6 Å². The monoisotopic (exact) mass is 250 g/mol. The van der Waals surface area contributed by atoms with E-state index in [0.717, 1.165) is 12.8 Å². The number of hydrogen-bond acceptors (Lipinski definition) is 3. The summed E-state index contributed by atoms with van der Waals surface area (Å²) in [5.74, 6) is -0.164. The quantitative estimate of drug-likeness (QED) is 0.876. The van der Waals surface area contributed by atoms with E-state index in [9.17, 15) is 4.79 Å². The fraction of sp³-hybridized carbons (Fsp3) is 0.333. The number of amides is 1. The maximum Gasteiger partial charge on any atom is 0.253 e. The molecule has 1 aliphatic rings. The Kier molecular flexibility index (Phi) is 3.62. The van der Waals surface area contributed by atoms with Crippen molar-refractivity contribution in [2.24, 2.45) is 0 Å². The zero-order valence-electron chi connectivity index (χ0n) is 9.07. The molecule has 0 radical (unpaired) electrons. The Hall–Kier alpha value is -1.57. The highest BCUT2D eigenvalue weighted by molar-refractivity contribution is 6.32. The van der Waals surface area contributed by atoms with Crippen LogP contribution in [0.2, 0.25) is 5.02 Å². The lowest BCUT2D eigenvalue weighted by Crippen LogP contribution is -2.26. The van der Waals surface area contributed by atoms with Crippen molar-refractivity contribution in [1.29, 1.82) is 5.26 Å². The summed E-state index contributed by atoms with van der Waals surface area (Å²) < 4.78 is 5.26. The van der Waals surface area contributed by atoms with Gasteiger partial charge in [-0.15, -0.1) is 0 Å². The molecule has 0 aliphatic carbocycles. The first-order valence-electron chi connectivity index (χ1n) is 5.33. The van der Waals surface area contributed by atoms with Crippen LogP contribution in [0.1, 0.15) is 18.4 Å². The van der Waals surface area contributed by atoms with Gasteiger partial charge in [-0.2, -0.15) is 5.26 Å². The number of benzene rings is 1. The first-order valence-corrected chi connectivity index (χ1v) is 5.70. The third kappa shape index (κ3) is 2.76. The van der Waals surface area contributed by atoms with E-state index in [1.807, 2.05) is 6.07 Å². The van der Waals surface area contributed by atoms with Gasteiger partial charge >= 0.3 is 0 Å². The molecule has 1 heterocycles. The minimum absolute atomic E-state index is 0.164. The summed E-state index contributed by atoms with van der Waals surface area (Å²) >= 11 is 5.87. The Labute approximate surface area is 104 Å². The van der Waals surface area contributed by atoms with E-state index in [0.29, 0.717) is 22.9 Å². The molecule has 1 N–H and O–H groups in total. The second kappa shape index (κ2) is 5.17. The maximum atomic E-state index is 11.7. The Bertz CT molecular complexity index is 476. The first kappa shape index (κ1) is 11.9. The van der Waals surface area contributed by atoms with Gasteiger partial charge in [0.1, 0.15) is 12.2 Å². The van der Waals surface area contributed by atoms with Crippen LogP contribution >= 0.6 is 11.6 Å². The van der Waals surface area contributed by atoms with Crippen molar-refractivity contribution in [2.75, 3.05) is 11.9 Å². The number of ether oxygens (including phenoxy) is 1. The fourth-order valence-electron chi connectivity index (χ4n) is 1.69. The highest BCUT2D eigenvalue weighted by Crippen LogP contribution is 2.21. The molecule has 1 aromatic carbocycles. The average molecular weight is 251 g/mol. The predicted octanol–water partition coefficient (Wildman–Crippen LogP) is 2.33. The Morgan fingerprint density at radius 2 is 2.41 bits per heavy atom. The lowest BCUT2D eigenvalue weighted by molar-refractivity contribution is -0.124. The molecule has 1 saturated heterocycles. The molecule has 0 saturated carbocycles. The number of hydrogen-bond donors (Lipinski definition) is 1. The van der Waals surface area contributed by atoms with Crippen molar-refractivity contribution >= 4 is 23.2 Å². The van der Waals surface area contributed by atoms with Gasteiger partial charge in [-0.05, 0) is 31.0 Å². The molecule has 17 heavy (non-hydrogen) atoms. The summed E-state index contributed by atoms with van der Waals surface area (Å²) in [5, 5.41) is 11.8. The molecular weight excluding hydrogens is 240 g/mol. The summed E-state index contributed by atoms with van der Waals surface area (Å²) in [7, 11) is 0. The zero-order valence-corrected chi connectivity index (χ0v) is 9.83. The number of nitrogens with one attached hydrogen (secondary N) is 1. The molecule has 0 unspecified atom stereocenters. The molecule has 4 nitrogen and oxygen atoms in total. The van der Waals surface area contributed by atoms with Crippen LogP contribution in [0.3, 0.4) is 0 Å². The van der Waals surface area contributed by atoms with Gasteiger partial charge in [0.2, 0.25) is 0 Å². The Morgan fingerprint density at radius 1 is 1.59 bits per heavy atom. The van der Waals surface area contributed by atoms with Gasteiger partial charge in [-0.3, -0.25) is 4.79 Å². The van der Waals surface area contributed by atoms with Gasteiger partial charge in [0, 0.05) is 12.3 Å². The Balaban J connectivity index is 2.06. The number of carbonyl (C=O) groups excluding carboxylic acids is 1. The van der Waals surface area contributed by atoms with Crippen LogP contribution < -0.4 is 5.32 Å². The smallest absolute Gasteiger partial charge is 0.253 e. The van der Waals surface area contributed by atoms with Crippen molar-refractivity contribution < 1.29 is 9.53 Å². The normalized spacial score (nSPS) is 18.7. The van der Waals surface area contributed by atoms with E-state index in [1.54, 1.807) is 18.2 Å². The van der Waals surface area contributed by atoms with E-state index in [1.165, 1.54) is 0 Å². The average Bonchev–Trinajstić information content (AvgIpc) is 2.82. The summed E-state index contributed by atoms with van der Waals surface area (Å²) in [6.45, 7) is 0.631. The van der Waals surface area contributed by atoms with Gasteiger partial charge in [0.25, 0.3) is 5.91 Å². The standard InChI is InChI=1S/C12H11ClN2O2/c13-10-6-9(4-3-8(10)7-14)15-12(16)11-2-1-5-17-11/h3-4,6,11H,1-2,5H2,(H,15,16)/t11-/m1/s1. The first-order chi connectivity index (χ1) is 8.20. The lowest BCUT2D eigenvalue weighted by Gasteiger charge is -2.10. The van der Waals surface area contributed by atoms with Crippen LogP contribution in [-0.2, 0) is 9.53 Å². The number of carbonyl (C=O) groups is 1. The van der Waals surface area contributed by atoms with Crippen molar-refractivity contribution in [1.82, 2.24) is 0 Å². The van der Waals surface area contributed by atoms with Crippen LogP contribution in [0.4, 0.5) is 5.69 Å². The molecule has 1 atom stereocenters. The molecule has 2 rings (SSSR count). The van der Waals surface area contributed by atoms with Crippen LogP contribution in [0.5, 0.6) is 0 Å². The van der Waals surface area contributed by atoms with Gasteiger partial charge in [0.15, 0.2) is 0 Å². The molecule has 1 aromatic rings. The second-order valence-corrected chi connectivity index (χ2v) is 4.20. The SMILES string of the molecule is N#Cc1ccc(NC(=O)[C@H]2CCCO2)cc1Cl. The molecule has 1 amide bonds. The lowest BCUT2D eigenvalue weighted by atomic mass is 10.2. The van der Waals surface area contributed by atoms with Crippen LogP contribution in [0.15, 0.2) is 18.2 Å². The minimum Gasteiger partial charge on any atom is -0.368 e. The van der Waals surface area contributed by atoms with Gasteiger partial charge in [0.05, 0.1) is 10.6 Å². The van der Waals surface area contributed by atoms with E-state index in [-0.39, 0.29) is 12.0 Å². The second-order valence-electron chi connectivity index (χ2n) is 3.80. The highest BCUT2D eigenvalue weighted by atomic mass is 35.5. The van der Waals surface area contributed by atoms with Crippen molar-refractivity contribution in [3.63, 3.8) is 0 Å². The van der Waals surface area contributed by atoms with E-state index >= 15 is 0 Å². The molecule has 88 valence electrons. The number of nitrogens with zero attached hydrogens (tertiary/aromatic N) is 1. The molecule has 1 aliphatic heterocycles.